The molecule has 4 rings (SSSR count). The average Bonchev–Trinajstić information content (AvgIpc) is 2.87. The highest BCUT2D eigenvalue weighted by molar-refractivity contribution is 9.10. The number of amides is 3. The van der Waals surface area contributed by atoms with E-state index in [-0.39, 0.29) is 17.7 Å². The summed E-state index contributed by atoms with van der Waals surface area (Å²) in [7, 11) is 0. The Kier molecular flexibility index (Phi) is 7.52. The third kappa shape index (κ3) is 5.41. The first kappa shape index (κ1) is 23.8. The topological polar surface area (TPSA) is 112 Å². The summed E-state index contributed by atoms with van der Waals surface area (Å²) in [6, 6.07) is 15.2. The van der Waals surface area contributed by atoms with Crippen molar-refractivity contribution in [2.45, 2.75) is 38.6 Å². The van der Waals surface area contributed by atoms with Crippen molar-refractivity contribution in [1.29, 1.82) is 0 Å². The monoisotopic (exact) mass is 523 g/mol. The predicted molar refractivity (Wildman–Crippen MR) is 133 cm³/mol. The molecule has 3 N–H and O–H groups in total. The Labute approximate surface area is 206 Å². The molecule has 3 amide bonds. The Morgan fingerprint density at radius 3 is 2.50 bits per heavy atom. The minimum atomic E-state index is -1.07. The molecule has 0 saturated heterocycles. The molecule has 9 heteroatoms. The van der Waals surface area contributed by atoms with E-state index >= 15 is 0 Å². The maximum atomic E-state index is 13.3. The van der Waals surface area contributed by atoms with Crippen LogP contribution in [0, 0.1) is 11.8 Å². The van der Waals surface area contributed by atoms with Crippen molar-refractivity contribution >= 4 is 45.1 Å². The Morgan fingerprint density at radius 2 is 1.76 bits per heavy atom. The molecule has 1 saturated carbocycles. The molecule has 2 aliphatic rings. The first-order valence-electron chi connectivity index (χ1n) is 11.3. The molecule has 1 aliphatic heterocycles. The normalized spacial score (nSPS) is 20.9. The van der Waals surface area contributed by atoms with Gasteiger partial charge in [0, 0.05) is 21.9 Å². The molecule has 2 aromatic carbocycles. The Bertz CT molecular complexity index is 1150. The minimum absolute atomic E-state index is 0.134. The van der Waals surface area contributed by atoms with Crippen molar-refractivity contribution in [3.63, 3.8) is 0 Å². The first-order valence-corrected chi connectivity index (χ1v) is 12.1. The molecule has 3 atom stereocenters. The van der Waals surface area contributed by atoms with Crippen LogP contribution in [0.5, 0.6) is 0 Å². The van der Waals surface area contributed by atoms with Crippen LogP contribution in [0.25, 0.3) is 0 Å². The van der Waals surface area contributed by atoms with E-state index in [1.54, 1.807) is 31.2 Å². The Balaban J connectivity index is 1.60. The molecular weight excluding hydrogens is 498 g/mol. The largest absolute Gasteiger partial charge is 0.335 e. The zero-order valence-corrected chi connectivity index (χ0v) is 20.3. The van der Waals surface area contributed by atoms with E-state index in [1.165, 1.54) is 0 Å². The summed E-state index contributed by atoms with van der Waals surface area (Å²) < 4.78 is 0.898. The van der Waals surface area contributed by atoms with Crippen LogP contribution < -0.4 is 16.2 Å². The molecule has 176 valence electrons. The smallest absolute Gasteiger partial charge is 0.268 e. The van der Waals surface area contributed by atoms with Gasteiger partial charge in [-0.3, -0.25) is 14.4 Å². The highest BCUT2D eigenvalue weighted by Crippen LogP contribution is 2.34. The lowest BCUT2D eigenvalue weighted by molar-refractivity contribution is -0.128. The van der Waals surface area contributed by atoms with Crippen LogP contribution in [-0.4, -0.2) is 35.2 Å². The van der Waals surface area contributed by atoms with Crippen molar-refractivity contribution in [3.8, 4) is 0 Å². The van der Waals surface area contributed by atoms with Gasteiger partial charge >= 0.3 is 0 Å². The number of carbonyl (C=O) groups is 3. The molecule has 8 nitrogen and oxygen atoms in total. The van der Waals surface area contributed by atoms with E-state index in [4.69, 9.17) is 0 Å². The van der Waals surface area contributed by atoms with Gasteiger partial charge in [-0.1, -0.05) is 59.1 Å². The van der Waals surface area contributed by atoms with Crippen LogP contribution in [0.3, 0.4) is 0 Å². The zero-order chi connectivity index (χ0) is 24.1. The predicted octanol–water partition coefficient (Wildman–Crippen LogP) is 3.38. The molecule has 1 aliphatic carbocycles. The van der Waals surface area contributed by atoms with E-state index in [0.717, 1.165) is 35.7 Å². The van der Waals surface area contributed by atoms with Gasteiger partial charge in [0.15, 0.2) is 6.04 Å². The first-order chi connectivity index (χ1) is 16.4. The van der Waals surface area contributed by atoms with Crippen LogP contribution in [0.2, 0.25) is 0 Å². The third-order valence-corrected chi connectivity index (χ3v) is 6.72. The fourth-order valence-electron chi connectivity index (χ4n) is 4.42. The molecule has 0 spiro atoms. The lowest BCUT2D eigenvalue weighted by atomic mass is 9.73. The maximum absolute atomic E-state index is 13.3. The van der Waals surface area contributed by atoms with E-state index in [0.29, 0.717) is 17.0 Å². The fraction of sp³-hybridized carbons (Fsp3) is 0.320. The standard InChI is InChI=1S/C25H26BrN5O3/c1-15(17-10-7-11-18(26)14-17)28-31-25(34)22(27-23(32)16-8-3-2-4-9-16)21-19-12-5-6-13-20(19)24(33)30-29-21/h2-4,7-11,14,19-20,22H,5-6,12-13H2,1H3,(H,27,32)(H,30,33)(H,31,34)/b28-15-/t19-,20+,22-/m1/s1. The number of halogens is 1. The number of carbonyl (C=O) groups excluding carboxylic acids is 3. The third-order valence-electron chi connectivity index (χ3n) is 6.22. The van der Waals surface area contributed by atoms with Gasteiger partial charge in [0.2, 0.25) is 5.91 Å². The summed E-state index contributed by atoms with van der Waals surface area (Å²) in [5.41, 5.74) is 7.48. The molecule has 34 heavy (non-hydrogen) atoms. The second-order valence-electron chi connectivity index (χ2n) is 8.47. The molecular formula is C25H26BrN5O3. The van der Waals surface area contributed by atoms with E-state index in [9.17, 15) is 14.4 Å². The molecule has 0 bridgehead atoms. The molecule has 1 fully saturated rings. The molecule has 0 radical (unpaired) electrons. The van der Waals surface area contributed by atoms with Gasteiger partial charge in [0.1, 0.15) is 0 Å². The number of benzene rings is 2. The van der Waals surface area contributed by atoms with Crippen LogP contribution >= 0.6 is 15.9 Å². The van der Waals surface area contributed by atoms with Gasteiger partial charge in [-0.2, -0.15) is 10.2 Å². The number of fused-ring (bicyclic) bond motifs is 1. The lowest BCUT2D eigenvalue weighted by Gasteiger charge is -2.36. The van der Waals surface area contributed by atoms with Crippen LogP contribution in [0.1, 0.15) is 48.5 Å². The summed E-state index contributed by atoms with van der Waals surface area (Å²) in [6.07, 6.45) is 3.36. The SMILES string of the molecule is C/C(=N/NC(=O)[C@H](NC(=O)c1ccccc1)C1=NNC(=O)[C@H]2CCCC[C@@H]12)c1cccc(Br)c1. The maximum Gasteiger partial charge on any atom is 0.268 e. The number of nitrogens with zero attached hydrogens (tertiary/aromatic N) is 2. The van der Waals surface area contributed by atoms with Gasteiger partial charge < -0.3 is 5.32 Å². The fourth-order valence-corrected chi connectivity index (χ4v) is 4.82. The highest BCUT2D eigenvalue weighted by Gasteiger charge is 2.42. The summed E-state index contributed by atoms with van der Waals surface area (Å²) in [6.45, 7) is 1.79. The number of hydrogen-bond acceptors (Lipinski definition) is 5. The molecule has 0 unspecified atom stereocenters. The molecule has 2 aromatic rings. The van der Waals surface area contributed by atoms with Gasteiger partial charge in [-0.15, -0.1) is 0 Å². The van der Waals surface area contributed by atoms with Crippen molar-refractivity contribution in [3.05, 3.63) is 70.2 Å². The molecule has 0 aromatic heterocycles. The Morgan fingerprint density at radius 1 is 1.06 bits per heavy atom. The zero-order valence-electron chi connectivity index (χ0n) is 18.8. The van der Waals surface area contributed by atoms with E-state index in [1.807, 2.05) is 30.3 Å². The van der Waals surface area contributed by atoms with Gasteiger partial charge in [0.25, 0.3) is 11.8 Å². The highest BCUT2D eigenvalue weighted by atomic mass is 79.9. The van der Waals surface area contributed by atoms with Crippen LogP contribution in [0.4, 0.5) is 0 Å². The minimum Gasteiger partial charge on any atom is -0.335 e. The summed E-state index contributed by atoms with van der Waals surface area (Å²) >= 11 is 3.43. The van der Waals surface area contributed by atoms with Crippen LogP contribution in [-0.2, 0) is 9.59 Å². The summed E-state index contributed by atoms with van der Waals surface area (Å²) in [5, 5.41) is 11.3. The lowest BCUT2D eigenvalue weighted by Crippen LogP contribution is -2.57. The number of nitrogens with one attached hydrogen (secondary N) is 3. The average molecular weight is 524 g/mol. The van der Waals surface area contributed by atoms with E-state index < -0.39 is 17.9 Å². The number of hydrazone groups is 2. The summed E-state index contributed by atoms with van der Waals surface area (Å²) in [5.74, 6) is -1.51. The second-order valence-corrected chi connectivity index (χ2v) is 9.38. The van der Waals surface area contributed by atoms with Crippen molar-refractivity contribution < 1.29 is 14.4 Å². The number of hydrogen-bond donors (Lipinski definition) is 3. The summed E-state index contributed by atoms with van der Waals surface area (Å²) in [4.78, 5) is 38.7. The van der Waals surface area contributed by atoms with Gasteiger partial charge in [0.05, 0.1) is 11.4 Å². The van der Waals surface area contributed by atoms with Crippen molar-refractivity contribution in [1.82, 2.24) is 16.2 Å². The second kappa shape index (κ2) is 10.7. The molecule has 1 heterocycles. The van der Waals surface area contributed by atoms with E-state index in [2.05, 4.69) is 42.3 Å². The van der Waals surface area contributed by atoms with Gasteiger partial charge in [-0.05, 0) is 49.6 Å². The van der Waals surface area contributed by atoms with Crippen molar-refractivity contribution in [2.75, 3.05) is 0 Å². The van der Waals surface area contributed by atoms with Crippen molar-refractivity contribution in [2.24, 2.45) is 22.0 Å². The Hall–Kier alpha value is -3.33. The van der Waals surface area contributed by atoms with Crippen LogP contribution in [0.15, 0.2) is 69.3 Å². The van der Waals surface area contributed by atoms with Gasteiger partial charge in [-0.25, -0.2) is 10.9 Å². The number of rotatable bonds is 6. The quantitative estimate of drug-likeness (QED) is 0.398.